The maximum Gasteiger partial charge on any atom is 0.144 e. The molecule has 0 bridgehead atoms. The van der Waals surface area contributed by atoms with Crippen LogP contribution >= 0.6 is 0 Å². The van der Waals surface area contributed by atoms with Gasteiger partial charge in [-0.25, -0.2) is 0 Å². The Morgan fingerprint density at radius 3 is 3.14 bits per heavy atom. The minimum atomic E-state index is -0.526. The van der Waals surface area contributed by atoms with Gasteiger partial charge in [0.2, 0.25) is 0 Å². The van der Waals surface area contributed by atoms with Gasteiger partial charge < -0.3 is 10.4 Å². The van der Waals surface area contributed by atoms with Crippen molar-refractivity contribution in [3.63, 3.8) is 0 Å². The number of hydrogen-bond acceptors (Lipinski definition) is 2. The summed E-state index contributed by atoms with van der Waals surface area (Å²) in [5.74, 6) is 0. The summed E-state index contributed by atoms with van der Waals surface area (Å²) in [6, 6.07) is 4.26. The van der Waals surface area contributed by atoms with Crippen molar-refractivity contribution in [2.45, 2.75) is 25.5 Å². The van der Waals surface area contributed by atoms with Crippen molar-refractivity contribution in [3.8, 4) is 0 Å². The van der Waals surface area contributed by atoms with Gasteiger partial charge in [0.25, 0.3) is 0 Å². The molecule has 14 heavy (non-hydrogen) atoms. The van der Waals surface area contributed by atoms with Crippen LogP contribution in [-0.4, -0.2) is 11.3 Å². The molecule has 1 aliphatic heterocycles. The lowest BCUT2D eigenvalue weighted by molar-refractivity contribution is 0.252. The van der Waals surface area contributed by atoms with Crippen LogP contribution in [0.5, 0.6) is 0 Å². The molecule has 1 heterocycles. The molecule has 2 aliphatic rings. The maximum atomic E-state index is 9.41. The molecule has 0 radical (unpaired) electrons. The zero-order valence-corrected chi connectivity index (χ0v) is 7.96. The van der Waals surface area contributed by atoms with E-state index in [9.17, 15) is 5.11 Å². The third-order valence-corrected chi connectivity index (χ3v) is 3.08. The molecule has 72 valence electrons. The van der Waals surface area contributed by atoms with E-state index in [0.717, 1.165) is 5.69 Å². The Bertz CT molecular complexity index is 409. The van der Waals surface area contributed by atoms with Crippen LogP contribution in [-0.2, 0) is 12.8 Å². The summed E-state index contributed by atoms with van der Waals surface area (Å²) in [7, 11) is 0. The predicted molar refractivity (Wildman–Crippen MR) is 57.1 cm³/mol. The molecule has 0 spiro atoms. The SMILES string of the molecule is OC1C=Cc2c(ccc3c2CCC3)N1. The smallest absolute Gasteiger partial charge is 0.144 e. The van der Waals surface area contributed by atoms with Crippen molar-refractivity contribution >= 4 is 11.8 Å². The molecule has 2 heteroatoms. The Balaban J connectivity index is 2.17. The number of rotatable bonds is 0. The summed E-state index contributed by atoms with van der Waals surface area (Å²) in [5, 5.41) is 12.5. The first kappa shape index (κ1) is 8.06. The summed E-state index contributed by atoms with van der Waals surface area (Å²) in [6.45, 7) is 0. The third-order valence-electron chi connectivity index (χ3n) is 3.08. The Labute approximate surface area is 83.3 Å². The van der Waals surface area contributed by atoms with Crippen LogP contribution in [0, 0.1) is 0 Å². The van der Waals surface area contributed by atoms with Crippen LogP contribution in [0.4, 0.5) is 5.69 Å². The van der Waals surface area contributed by atoms with Gasteiger partial charge >= 0.3 is 0 Å². The maximum absolute atomic E-state index is 9.41. The highest BCUT2D eigenvalue weighted by molar-refractivity contribution is 5.74. The molecule has 0 amide bonds. The molecule has 0 aromatic heterocycles. The lowest BCUT2D eigenvalue weighted by Crippen LogP contribution is -2.19. The first-order valence-corrected chi connectivity index (χ1v) is 5.12. The molecule has 3 rings (SSSR count). The van der Waals surface area contributed by atoms with Crippen LogP contribution < -0.4 is 5.32 Å². The fourth-order valence-electron chi connectivity index (χ4n) is 2.41. The van der Waals surface area contributed by atoms with Gasteiger partial charge in [-0.3, -0.25) is 0 Å². The number of aryl methyl sites for hydroxylation is 1. The molecule has 1 aliphatic carbocycles. The summed E-state index contributed by atoms with van der Waals surface area (Å²) in [5.41, 5.74) is 5.30. The second-order valence-electron chi connectivity index (χ2n) is 3.97. The number of anilines is 1. The second kappa shape index (κ2) is 2.85. The minimum Gasteiger partial charge on any atom is -0.370 e. The first-order valence-electron chi connectivity index (χ1n) is 5.12. The molecular formula is C12H13NO. The Kier molecular flexibility index (Phi) is 1.64. The van der Waals surface area contributed by atoms with Crippen LogP contribution in [0.3, 0.4) is 0 Å². The number of hydrogen-bond donors (Lipinski definition) is 2. The molecule has 1 unspecified atom stereocenters. The van der Waals surface area contributed by atoms with Gasteiger partial charge in [0.15, 0.2) is 0 Å². The zero-order chi connectivity index (χ0) is 9.54. The molecule has 0 saturated heterocycles. The molecule has 1 aromatic carbocycles. The van der Waals surface area contributed by atoms with E-state index in [1.165, 1.54) is 36.0 Å². The third kappa shape index (κ3) is 1.07. The molecule has 2 nitrogen and oxygen atoms in total. The van der Waals surface area contributed by atoms with E-state index in [-0.39, 0.29) is 0 Å². The number of aliphatic hydroxyl groups is 1. The minimum absolute atomic E-state index is 0.526. The summed E-state index contributed by atoms with van der Waals surface area (Å²) >= 11 is 0. The van der Waals surface area contributed by atoms with E-state index >= 15 is 0 Å². The quantitative estimate of drug-likeness (QED) is 0.650. The molecular weight excluding hydrogens is 174 g/mol. The molecule has 1 atom stereocenters. The van der Waals surface area contributed by atoms with Crippen LogP contribution in [0.2, 0.25) is 0 Å². The highest BCUT2D eigenvalue weighted by Gasteiger charge is 2.19. The van der Waals surface area contributed by atoms with Crippen molar-refractivity contribution in [3.05, 3.63) is 34.9 Å². The highest BCUT2D eigenvalue weighted by Crippen LogP contribution is 2.33. The summed E-state index contributed by atoms with van der Waals surface area (Å²) < 4.78 is 0. The Morgan fingerprint density at radius 2 is 2.21 bits per heavy atom. The monoisotopic (exact) mass is 187 g/mol. The second-order valence-corrected chi connectivity index (χ2v) is 3.97. The molecule has 0 saturated carbocycles. The van der Waals surface area contributed by atoms with E-state index in [4.69, 9.17) is 0 Å². The zero-order valence-electron chi connectivity index (χ0n) is 7.96. The van der Waals surface area contributed by atoms with E-state index in [1.54, 1.807) is 6.08 Å². The van der Waals surface area contributed by atoms with Crippen molar-refractivity contribution < 1.29 is 5.11 Å². The Hall–Kier alpha value is -1.28. The lowest BCUT2D eigenvalue weighted by atomic mass is 9.99. The molecule has 1 aromatic rings. The fraction of sp³-hybridized carbons (Fsp3) is 0.333. The number of aliphatic hydroxyl groups excluding tert-OH is 1. The van der Waals surface area contributed by atoms with Gasteiger partial charge in [0, 0.05) is 11.3 Å². The highest BCUT2D eigenvalue weighted by atomic mass is 16.3. The number of nitrogens with one attached hydrogen (secondary N) is 1. The largest absolute Gasteiger partial charge is 0.370 e. The van der Waals surface area contributed by atoms with E-state index in [2.05, 4.69) is 17.4 Å². The van der Waals surface area contributed by atoms with Crippen LogP contribution in [0.1, 0.15) is 23.1 Å². The average molecular weight is 187 g/mol. The summed E-state index contributed by atoms with van der Waals surface area (Å²) in [4.78, 5) is 0. The fourth-order valence-corrected chi connectivity index (χ4v) is 2.41. The predicted octanol–water partition coefficient (Wildman–Crippen LogP) is 1.93. The van der Waals surface area contributed by atoms with Crippen molar-refractivity contribution in [1.82, 2.24) is 0 Å². The number of benzene rings is 1. The summed E-state index contributed by atoms with van der Waals surface area (Å²) in [6.07, 6.45) is 6.98. The van der Waals surface area contributed by atoms with Gasteiger partial charge in [0.05, 0.1) is 0 Å². The topological polar surface area (TPSA) is 32.3 Å². The van der Waals surface area contributed by atoms with Crippen molar-refractivity contribution in [1.29, 1.82) is 0 Å². The lowest BCUT2D eigenvalue weighted by Gasteiger charge is -2.20. The molecule has 2 N–H and O–H groups in total. The van der Waals surface area contributed by atoms with Gasteiger partial charge in [-0.2, -0.15) is 0 Å². The van der Waals surface area contributed by atoms with Gasteiger partial charge in [0.1, 0.15) is 6.23 Å². The van der Waals surface area contributed by atoms with Crippen LogP contribution in [0.25, 0.3) is 6.08 Å². The Morgan fingerprint density at radius 1 is 1.29 bits per heavy atom. The van der Waals surface area contributed by atoms with Gasteiger partial charge in [-0.1, -0.05) is 12.1 Å². The molecule has 0 fully saturated rings. The normalized spacial score (nSPS) is 22.8. The van der Waals surface area contributed by atoms with E-state index in [0.29, 0.717) is 0 Å². The first-order chi connectivity index (χ1) is 6.84. The van der Waals surface area contributed by atoms with Gasteiger partial charge in [-0.05, 0) is 42.5 Å². The standard InChI is InChI=1S/C12H13NO/c14-12-7-5-10-9-3-1-2-8(9)4-6-11(10)13-12/h4-7,12-14H,1-3H2. The van der Waals surface area contributed by atoms with Crippen molar-refractivity contribution in [2.24, 2.45) is 0 Å². The van der Waals surface area contributed by atoms with Crippen molar-refractivity contribution in [2.75, 3.05) is 5.32 Å². The van der Waals surface area contributed by atoms with Gasteiger partial charge in [-0.15, -0.1) is 0 Å². The van der Waals surface area contributed by atoms with E-state index in [1.807, 2.05) is 6.08 Å². The average Bonchev–Trinajstić information content (AvgIpc) is 2.65. The van der Waals surface area contributed by atoms with E-state index < -0.39 is 6.23 Å². The number of fused-ring (bicyclic) bond motifs is 3. The van der Waals surface area contributed by atoms with Crippen LogP contribution in [0.15, 0.2) is 18.2 Å².